The van der Waals surface area contributed by atoms with Crippen LogP contribution in [0.2, 0.25) is 0 Å². The lowest BCUT2D eigenvalue weighted by atomic mass is 10.5. The van der Waals surface area contributed by atoms with Crippen molar-refractivity contribution < 1.29 is 0 Å². The molecule has 0 unspecified atom stereocenters. The van der Waals surface area contributed by atoms with Crippen LogP contribution in [0.1, 0.15) is 16.4 Å². The van der Waals surface area contributed by atoms with Gasteiger partial charge < -0.3 is 4.57 Å². The number of aromatic nitrogens is 3. The van der Waals surface area contributed by atoms with Crippen LogP contribution in [0.3, 0.4) is 0 Å². The molecule has 2 aromatic heterocycles. The molecular weight excluding hydrogens is 262 g/mol. The van der Waals surface area contributed by atoms with Crippen molar-refractivity contribution in [2.45, 2.75) is 23.7 Å². The van der Waals surface area contributed by atoms with Gasteiger partial charge in [-0.05, 0) is 6.92 Å². The highest BCUT2D eigenvalue weighted by atomic mass is 35.5. The van der Waals surface area contributed by atoms with Gasteiger partial charge in [0.05, 0.1) is 28.5 Å². The zero-order valence-corrected chi connectivity index (χ0v) is 11.5. The maximum atomic E-state index is 5.79. The van der Waals surface area contributed by atoms with Crippen molar-refractivity contribution in [1.29, 1.82) is 0 Å². The molecule has 6 heteroatoms. The first-order valence-corrected chi connectivity index (χ1v) is 7.21. The smallest absolute Gasteiger partial charge is 0.168 e. The van der Waals surface area contributed by atoms with E-state index in [-0.39, 0.29) is 0 Å². The Morgan fingerprint density at radius 1 is 1.56 bits per heavy atom. The Balaban J connectivity index is 2.02. The third kappa shape index (κ3) is 2.59. The Morgan fingerprint density at radius 2 is 2.38 bits per heavy atom. The summed E-state index contributed by atoms with van der Waals surface area (Å²) in [4.78, 5) is 8.74. The summed E-state index contributed by atoms with van der Waals surface area (Å²) in [5, 5.41) is 4.19. The molecule has 0 amide bonds. The molecule has 0 N–H and O–H groups in total. The Bertz CT molecular complexity index is 478. The lowest BCUT2D eigenvalue weighted by molar-refractivity contribution is 0.760. The molecule has 2 aromatic rings. The molecule has 0 spiro atoms. The first-order valence-electron chi connectivity index (χ1n) is 4.81. The van der Waals surface area contributed by atoms with Crippen molar-refractivity contribution in [1.82, 2.24) is 14.5 Å². The highest BCUT2D eigenvalue weighted by molar-refractivity contribution is 7.98. The van der Waals surface area contributed by atoms with Crippen LogP contribution in [0.4, 0.5) is 0 Å². The van der Waals surface area contributed by atoms with Crippen molar-refractivity contribution in [3.63, 3.8) is 0 Å². The lowest BCUT2D eigenvalue weighted by Gasteiger charge is -2.02. The van der Waals surface area contributed by atoms with Crippen molar-refractivity contribution >= 4 is 34.7 Å². The Morgan fingerprint density at radius 3 is 2.94 bits per heavy atom. The highest BCUT2D eigenvalue weighted by Gasteiger charge is 2.07. The largest absolute Gasteiger partial charge is 0.325 e. The average molecular weight is 274 g/mol. The average Bonchev–Trinajstić information content (AvgIpc) is 2.83. The van der Waals surface area contributed by atoms with E-state index in [1.165, 1.54) is 0 Å². The zero-order valence-electron chi connectivity index (χ0n) is 9.11. The zero-order chi connectivity index (χ0) is 11.5. The van der Waals surface area contributed by atoms with Crippen LogP contribution in [-0.2, 0) is 18.7 Å². The van der Waals surface area contributed by atoms with Crippen LogP contribution in [0.25, 0.3) is 0 Å². The summed E-state index contributed by atoms with van der Waals surface area (Å²) in [6.45, 7) is 2.02. The fourth-order valence-electron chi connectivity index (χ4n) is 1.30. The molecule has 86 valence electrons. The predicted molar refractivity (Wildman–Crippen MR) is 69.2 cm³/mol. The van der Waals surface area contributed by atoms with Crippen molar-refractivity contribution in [2.24, 2.45) is 7.05 Å². The number of aryl methyl sites for hydroxylation is 1. The van der Waals surface area contributed by atoms with Crippen LogP contribution < -0.4 is 0 Å². The van der Waals surface area contributed by atoms with Crippen LogP contribution >= 0.6 is 34.7 Å². The Kier molecular flexibility index (Phi) is 3.89. The Labute approximate surface area is 108 Å². The van der Waals surface area contributed by atoms with Gasteiger partial charge in [0.25, 0.3) is 0 Å². The fraction of sp³-hybridized carbons (Fsp3) is 0.400. The molecule has 3 nitrogen and oxygen atoms in total. The summed E-state index contributed by atoms with van der Waals surface area (Å²) in [5.74, 6) is 1.36. The van der Waals surface area contributed by atoms with Crippen LogP contribution in [-0.4, -0.2) is 14.5 Å². The summed E-state index contributed by atoms with van der Waals surface area (Å²) in [7, 11) is 1.99. The standard InChI is InChI=1S/C10H12ClN3S2/c1-7-13-8(5-15-7)6-16-10-12-4-9(3-11)14(10)2/h4-5H,3,6H2,1-2H3. The molecule has 0 radical (unpaired) electrons. The van der Waals surface area contributed by atoms with Crippen molar-refractivity contribution in [3.05, 3.63) is 28.0 Å². The first kappa shape index (κ1) is 12.0. The third-order valence-electron chi connectivity index (χ3n) is 2.19. The number of hydrogen-bond donors (Lipinski definition) is 0. The molecule has 0 aromatic carbocycles. The fourth-order valence-corrected chi connectivity index (χ4v) is 3.13. The number of rotatable bonds is 4. The Hall–Kier alpha value is -0.520. The van der Waals surface area contributed by atoms with Crippen LogP contribution in [0.15, 0.2) is 16.7 Å². The molecule has 0 saturated heterocycles. The number of thioether (sulfide) groups is 1. The maximum absolute atomic E-state index is 5.79. The number of imidazole rings is 1. The second-order valence-electron chi connectivity index (χ2n) is 3.37. The van der Waals surface area contributed by atoms with E-state index in [1.807, 2.05) is 24.7 Å². The van der Waals surface area contributed by atoms with E-state index in [1.54, 1.807) is 23.1 Å². The van der Waals surface area contributed by atoms with Gasteiger partial charge in [-0.3, -0.25) is 0 Å². The second kappa shape index (κ2) is 5.21. The highest BCUT2D eigenvalue weighted by Crippen LogP contribution is 2.23. The lowest BCUT2D eigenvalue weighted by Crippen LogP contribution is -1.95. The third-order valence-corrected chi connectivity index (χ3v) is 4.37. The van der Waals surface area contributed by atoms with E-state index in [2.05, 4.69) is 15.3 Å². The molecule has 2 heterocycles. The van der Waals surface area contributed by atoms with E-state index in [0.717, 1.165) is 27.3 Å². The molecule has 0 saturated carbocycles. The molecule has 0 bridgehead atoms. The monoisotopic (exact) mass is 273 g/mol. The molecule has 0 aliphatic heterocycles. The molecular formula is C10H12ClN3S2. The first-order chi connectivity index (χ1) is 7.70. The molecule has 0 aliphatic rings. The minimum Gasteiger partial charge on any atom is -0.325 e. The summed E-state index contributed by atoms with van der Waals surface area (Å²) >= 11 is 9.15. The SMILES string of the molecule is Cc1nc(CSc2ncc(CCl)n2C)cs1. The van der Waals surface area contributed by atoms with E-state index < -0.39 is 0 Å². The van der Waals surface area contributed by atoms with Crippen molar-refractivity contribution in [3.8, 4) is 0 Å². The van der Waals surface area contributed by atoms with Gasteiger partial charge in [-0.25, -0.2) is 9.97 Å². The van der Waals surface area contributed by atoms with Gasteiger partial charge in [-0.15, -0.1) is 22.9 Å². The van der Waals surface area contributed by atoms with Gasteiger partial charge in [0, 0.05) is 18.2 Å². The minimum absolute atomic E-state index is 0.500. The summed E-state index contributed by atoms with van der Waals surface area (Å²) in [5.41, 5.74) is 2.15. The van der Waals surface area contributed by atoms with Gasteiger partial charge in [0.15, 0.2) is 5.16 Å². The van der Waals surface area contributed by atoms with Crippen LogP contribution in [0, 0.1) is 6.92 Å². The number of halogens is 1. The molecule has 16 heavy (non-hydrogen) atoms. The minimum atomic E-state index is 0.500. The number of thiazole rings is 1. The number of nitrogens with zero attached hydrogens (tertiary/aromatic N) is 3. The topological polar surface area (TPSA) is 30.7 Å². The molecule has 0 atom stereocenters. The molecule has 0 aliphatic carbocycles. The van der Waals surface area contributed by atoms with Gasteiger partial charge in [-0.1, -0.05) is 11.8 Å². The van der Waals surface area contributed by atoms with Crippen molar-refractivity contribution in [2.75, 3.05) is 0 Å². The van der Waals surface area contributed by atoms with Crippen LogP contribution in [0.5, 0.6) is 0 Å². The number of alkyl halides is 1. The second-order valence-corrected chi connectivity index (χ2v) is 5.64. The summed E-state index contributed by atoms with van der Waals surface area (Å²) < 4.78 is 2.02. The van der Waals surface area contributed by atoms with Gasteiger partial charge in [-0.2, -0.15) is 0 Å². The number of hydrogen-bond acceptors (Lipinski definition) is 4. The quantitative estimate of drug-likeness (QED) is 0.633. The van der Waals surface area contributed by atoms with Gasteiger partial charge in [0.2, 0.25) is 0 Å². The van der Waals surface area contributed by atoms with E-state index in [4.69, 9.17) is 11.6 Å². The van der Waals surface area contributed by atoms with Gasteiger partial charge >= 0.3 is 0 Å². The van der Waals surface area contributed by atoms with Gasteiger partial charge in [0.1, 0.15) is 0 Å². The molecule has 0 fully saturated rings. The van der Waals surface area contributed by atoms with E-state index in [9.17, 15) is 0 Å². The van der Waals surface area contributed by atoms with E-state index in [0.29, 0.717) is 5.88 Å². The summed E-state index contributed by atoms with van der Waals surface area (Å²) in [6.07, 6.45) is 1.82. The predicted octanol–water partition coefficient (Wildman–Crippen LogP) is 3.22. The normalized spacial score (nSPS) is 10.9. The van der Waals surface area contributed by atoms with E-state index >= 15 is 0 Å². The summed E-state index contributed by atoms with van der Waals surface area (Å²) in [6, 6.07) is 0. The maximum Gasteiger partial charge on any atom is 0.168 e. The molecule has 2 rings (SSSR count).